The van der Waals surface area contributed by atoms with Crippen molar-refractivity contribution >= 4 is 23.0 Å². The van der Waals surface area contributed by atoms with Crippen molar-refractivity contribution in [3.05, 3.63) is 35.9 Å². The van der Waals surface area contributed by atoms with Crippen LogP contribution in [-0.4, -0.2) is 22.5 Å². The zero-order valence-electron chi connectivity index (χ0n) is 9.29. The maximum atomic E-state index is 10.4. The predicted molar refractivity (Wildman–Crippen MR) is 67.6 cm³/mol. The number of amides is 2. The topological polar surface area (TPSA) is 108 Å². The van der Waals surface area contributed by atoms with Crippen molar-refractivity contribution in [2.24, 2.45) is 10.8 Å². The first-order valence-electron chi connectivity index (χ1n) is 5.10. The minimum atomic E-state index is -0.781. The molecule has 2 amide bonds. The number of fused-ring (bicyclic) bond motifs is 1. The molecule has 0 bridgehead atoms. The van der Waals surface area contributed by atoms with Crippen LogP contribution in [0.4, 0.5) is 4.79 Å². The highest BCUT2D eigenvalue weighted by molar-refractivity contribution is 5.94. The van der Waals surface area contributed by atoms with Gasteiger partial charge in [0.15, 0.2) is 0 Å². The lowest BCUT2D eigenvalue weighted by molar-refractivity contribution is 0.249. The number of aromatic hydroxyl groups is 2. The number of nitrogens with one attached hydrogen (secondary N) is 1. The Bertz CT molecular complexity index is 638. The number of rotatable bonds is 2. The first-order valence-corrected chi connectivity index (χ1v) is 5.10. The number of carbonyl (C=O) groups is 1. The lowest BCUT2D eigenvalue weighted by Crippen LogP contribution is -2.24. The summed E-state index contributed by atoms with van der Waals surface area (Å²) in [5, 5.41) is 24.2. The summed E-state index contributed by atoms with van der Waals surface area (Å²) in [4.78, 5) is 10.4. The highest BCUT2D eigenvalue weighted by Crippen LogP contribution is 2.26. The van der Waals surface area contributed by atoms with E-state index >= 15 is 0 Å². The average Bonchev–Trinajstić information content (AvgIpc) is 2.29. The van der Waals surface area contributed by atoms with Crippen LogP contribution in [0.25, 0.3) is 10.8 Å². The molecule has 0 fully saturated rings. The molecule has 0 aliphatic carbocycles. The van der Waals surface area contributed by atoms with Gasteiger partial charge in [-0.05, 0) is 35.0 Å². The Morgan fingerprint density at radius 3 is 2.72 bits per heavy atom. The number of carbonyl (C=O) groups excluding carboxylic acids is 1. The van der Waals surface area contributed by atoms with Crippen LogP contribution in [0.15, 0.2) is 35.4 Å². The van der Waals surface area contributed by atoms with Crippen molar-refractivity contribution in [2.75, 3.05) is 0 Å². The van der Waals surface area contributed by atoms with E-state index in [0.29, 0.717) is 10.9 Å². The Kier molecular flexibility index (Phi) is 3.01. The molecule has 0 heterocycles. The second kappa shape index (κ2) is 4.62. The number of phenols is 2. The summed E-state index contributed by atoms with van der Waals surface area (Å²) in [5.74, 6) is 0.113. The summed E-state index contributed by atoms with van der Waals surface area (Å²) >= 11 is 0. The standard InChI is InChI=1S/C12H11N3O3/c13-12(18)15-14-6-9-3-7-1-2-10(16)4-8(7)5-11(9)17/h1-6,16-17H,(H3,13,15,18). The molecule has 0 aromatic heterocycles. The van der Waals surface area contributed by atoms with Crippen LogP contribution in [0.2, 0.25) is 0 Å². The van der Waals surface area contributed by atoms with Gasteiger partial charge in [-0.2, -0.15) is 5.10 Å². The van der Waals surface area contributed by atoms with Crippen LogP contribution >= 0.6 is 0 Å². The molecule has 0 saturated heterocycles. The van der Waals surface area contributed by atoms with Crippen LogP contribution in [0.3, 0.4) is 0 Å². The zero-order valence-corrected chi connectivity index (χ0v) is 9.29. The third kappa shape index (κ3) is 2.49. The molecule has 0 saturated carbocycles. The van der Waals surface area contributed by atoms with E-state index in [-0.39, 0.29) is 11.5 Å². The van der Waals surface area contributed by atoms with Gasteiger partial charge in [-0.1, -0.05) is 6.07 Å². The third-order valence-corrected chi connectivity index (χ3v) is 2.35. The molecule has 18 heavy (non-hydrogen) atoms. The summed E-state index contributed by atoms with van der Waals surface area (Å²) in [6, 6.07) is 7.19. The van der Waals surface area contributed by atoms with Gasteiger partial charge in [0.1, 0.15) is 11.5 Å². The molecule has 2 rings (SSSR count). The molecule has 0 atom stereocenters. The largest absolute Gasteiger partial charge is 0.508 e. The number of nitrogens with zero attached hydrogens (tertiary/aromatic N) is 1. The van der Waals surface area contributed by atoms with Gasteiger partial charge in [0, 0.05) is 5.56 Å². The van der Waals surface area contributed by atoms with Crippen LogP contribution in [0, 0.1) is 0 Å². The number of urea groups is 1. The van der Waals surface area contributed by atoms with Gasteiger partial charge >= 0.3 is 6.03 Å². The van der Waals surface area contributed by atoms with E-state index in [0.717, 1.165) is 5.39 Å². The van der Waals surface area contributed by atoms with Crippen molar-refractivity contribution < 1.29 is 15.0 Å². The number of nitrogens with two attached hydrogens (primary N) is 1. The summed E-state index contributed by atoms with van der Waals surface area (Å²) in [5.41, 5.74) is 7.32. The number of hydrogen-bond acceptors (Lipinski definition) is 4. The number of hydrazone groups is 1. The van der Waals surface area contributed by atoms with E-state index in [9.17, 15) is 15.0 Å². The molecule has 6 heteroatoms. The van der Waals surface area contributed by atoms with Gasteiger partial charge in [0.25, 0.3) is 0 Å². The predicted octanol–water partition coefficient (Wildman–Crippen LogP) is 1.25. The second-order valence-corrected chi connectivity index (χ2v) is 3.68. The third-order valence-electron chi connectivity index (χ3n) is 2.35. The zero-order chi connectivity index (χ0) is 13.1. The molecule has 6 nitrogen and oxygen atoms in total. The monoisotopic (exact) mass is 245 g/mol. The van der Waals surface area contributed by atoms with E-state index in [4.69, 9.17) is 5.73 Å². The lowest BCUT2D eigenvalue weighted by atomic mass is 10.1. The fourth-order valence-corrected chi connectivity index (χ4v) is 1.56. The van der Waals surface area contributed by atoms with Gasteiger partial charge in [-0.15, -0.1) is 0 Å². The molecule has 2 aromatic rings. The molecular formula is C12H11N3O3. The molecule has 0 unspecified atom stereocenters. The highest BCUT2D eigenvalue weighted by atomic mass is 16.3. The number of phenolic OH excluding ortho intramolecular Hbond substituents is 2. The number of primary amides is 1. The second-order valence-electron chi connectivity index (χ2n) is 3.68. The Balaban J connectivity index is 2.40. The molecule has 0 radical (unpaired) electrons. The summed E-state index contributed by atoms with van der Waals surface area (Å²) in [6.07, 6.45) is 1.28. The number of benzene rings is 2. The minimum absolute atomic E-state index is 0.0110. The molecule has 92 valence electrons. The summed E-state index contributed by atoms with van der Waals surface area (Å²) in [7, 11) is 0. The van der Waals surface area contributed by atoms with Gasteiger partial charge < -0.3 is 15.9 Å². The average molecular weight is 245 g/mol. The number of hydrogen-bond donors (Lipinski definition) is 4. The normalized spacial score (nSPS) is 10.9. The smallest absolute Gasteiger partial charge is 0.332 e. The summed E-state index contributed by atoms with van der Waals surface area (Å²) < 4.78 is 0. The Morgan fingerprint density at radius 1 is 1.22 bits per heavy atom. The van der Waals surface area contributed by atoms with E-state index in [1.807, 2.05) is 5.43 Å². The molecule has 0 aliphatic rings. The van der Waals surface area contributed by atoms with E-state index in [1.165, 1.54) is 18.3 Å². The van der Waals surface area contributed by atoms with E-state index in [1.54, 1.807) is 18.2 Å². The Morgan fingerprint density at radius 2 is 2.00 bits per heavy atom. The lowest BCUT2D eigenvalue weighted by Gasteiger charge is -2.03. The van der Waals surface area contributed by atoms with Crippen LogP contribution in [0.5, 0.6) is 11.5 Å². The Labute approximate surface area is 102 Å². The van der Waals surface area contributed by atoms with Gasteiger partial charge in [0.2, 0.25) is 0 Å². The molecular weight excluding hydrogens is 234 g/mol. The minimum Gasteiger partial charge on any atom is -0.508 e. The highest BCUT2D eigenvalue weighted by Gasteiger charge is 2.03. The van der Waals surface area contributed by atoms with E-state index < -0.39 is 6.03 Å². The van der Waals surface area contributed by atoms with Crippen molar-refractivity contribution in [1.82, 2.24) is 5.43 Å². The molecule has 5 N–H and O–H groups in total. The van der Waals surface area contributed by atoms with E-state index in [2.05, 4.69) is 5.10 Å². The maximum Gasteiger partial charge on any atom is 0.332 e. The SMILES string of the molecule is NC(=O)NN=Cc1cc2ccc(O)cc2cc1O. The van der Waals surface area contributed by atoms with Gasteiger partial charge in [-0.3, -0.25) is 0 Å². The van der Waals surface area contributed by atoms with Crippen molar-refractivity contribution in [1.29, 1.82) is 0 Å². The Hall–Kier alpha value is -2.76. The summed E-state index contributed by atoms with van der Waals surface area (Å²) in [6.45, 7) is 0. The first kappa shape index (κ1) is 11.7. The van der Waals surface area contributed by atoms with Crippen LogP contribution < -0.4 is 11.2 Å². The fraction of sp³-hybridized carbons (Fsp3) is 0. The maximum absolute atomic E-state index is 10.4. The quantitative estimate of drug-likeness (QED) is 0.472. The first-order chi connectivity index (χ1) is 8.56. The van der Waals surface area contributed by atoms with Crippen molar-refractivity contribution in [2.45, 2.75) is 0 Å². The molecule has 0 spiro atoms. The van der Waals surface area contributed by atoms with Crippen molar-refractivity contribution in [3.63, 3.8) is 0 Å². The van der Waals surface area contributed by atoms with Crippen molar-refractivity contribution in [3.8, 4) is 11.5 Å². The fourth-order valence-electron chi connectivity index (χ4n) is 1.56. The van der Waals surface area contributed by atoms with Crippen LogP contribution in [0.1, 0.15) is 5.56 Å². The van der Waals surface area contributed by atoms with Crippen LogP contribution in [-0.2, 0) is 0 Å². The molecule has 0 aliphatic heterocycles. The van der Waals surface area contributed by atoms with Gasteiger partial charge in [0.05, 0.1) is 6.21 Å². The van der Waals surface area contributed by atoms with Gasteiger partial charge in [-0.25, -0.2) is 10.2 Å². The molecule has 2 aromatic carbocycles.